The second-order valence-corrected chi connectivity index (χ2v) is 7.18. The third-order valence-electron chi connectivity index (χ3n) is 3.58. The van der Waals surface area contributed by atoms with E-state index in [1.807, 2.05) is 40.7 Å². The van der Waals surface area contributed by atoms with Crippen molar-refractivity contribution in [2.75, 3.05) is 19.7 Å². The van der Waals surface area contributed by atoms with E-state index in [9.17, 15) is 4.79 Å². The SMILES string of the molecule is Cc1cc(C)nc(OC[C@@H]2CCCN(C(=O)OC(C)(C)C)C2)n1. The fourth-order valence-electron chi connectivity index (χ4n) is 2.64. The Morgan fingerprint density at radius 3 is 2.57 bits per heavy atom. The maximum Gasteiger partial charge on any atom is 0.410 e. The average molecular weight is 321 g/mol. The standard InChI is InChI=1S/C17H27N3O3/c1-12-9-13(2)19-15(18-12)22-11-14-7-6-8-20(10-14)16(21)23-17(3,4)5/h9,14H,6-8,10-11H2,1-5H3/t14-/m1/s1. The molecule has 0 spiro atoms. The number of piperidine rings is 1. The van der Waals surface area contributed by atoms with Crippen molar-refractivity contribution < 1.29 is 14.3 Å². The van der Waals surface area contributed by atoms with Gasteiger partial charge in [-0.3, -0.25) is 0 Å². The van der Waals surface area contributed by atoms with Gasteiger partial charge in [-0.25, -0.2) is 14.8 Å². The lowest BCUT2D eigenvalue weighted by atomic mass is 9.99. The number of amides is 1. The number of carbonyl (C=O) groups is 1. The fourth-order valence-corrected chi connectivity index (χ4v) is 2.64. The summed E-state index contributed by atoms with van der Waals surface area (Å²) in [5.41, 5.74) is 1.33. The summed E-state index contributed by atoms with van der Waals surface area (Å²) in [5.74, 6) is 0.278. The lowest BCUT2D eigenvalue weighted by Crippen LogP contribution is -2.44. The van der Waals surface area contributed by atoms with Crippen LogP contribution >= 0.6 is 0 Å². The van der Waals surface area contributed by atoms with Crippen LogP contribution < -0.4 is 4.74 Å². The minimum absolute atomic E-state index is 0.246. The zero-order valence-corrected chi connectivity index (χ0v) is 14.8. The molecule has 0 aromatic carbocycles. The summed E-state index contributed by atoms with van der Waals surface area (Å²) in [6.07, 6.45) is 1.75. The van der Waals surface area contributed by atoms with Crippen molar-refractivity contribution in [2.24, 2.45) is 5.92 Å². The van der Waals surface area contributed by atoms with Gasteiger partial charge in [0.2, 0.25) is 0 Å². The number of hydrogen-bond donors (Lipinski definition) is 0. The first-order chi connectivity index (χ1) is 10.7. The largest absolute Gasteiger partial charge is 0.463 e. The van der Waals surface area contributed by atoms with Crippen molar-refractivity contribution in [1.29, 1.82) is 0 Å². The molecule has 1 amide bonds. The van der Waals surface area contributed by atoms with Gasteiger partial charge in [-0.05, 0) is 53.5 Å². The van der Waals surface area contributed by atoms with Crippen LogP contribution in [-0.2, 0) is 4.74 Å². The van der Waals surface area contributed by atoms with Crippen molar-refractivity contribution in [3.63, 3.8) is 0 Å². The molecular weight excluding hydrogens is 294 g/mol. The van der Waals surface area contributed by atoms with Crippen LogP contribution in [0.25, 0.3) is 0 Å². The number of likely N-dealkylation sites (tertiary alicyclic amines) is 1. The molecule has 1 saturated heterocycles. The van der Waals surface area contributed by atoms with E-state index in [1.54, 1.807) is 4.90 Å². The highest BCUT2D eigenvalue weighted by Crippen LogP contribution is 2.20. The second kappa shape index (κ2) is 7.15. The van der Waals surface area contributed by atoms with Gasteiger partial charge in [0.05, 0.1) is 6.61 Å². The van der Waals surface area contributed by atoms with E-state index in [0.717, 1.165) is 30.8 Å². The molecule has 0 unspecified atom stereocenters. The molecule has 6 heteroatoms. The van der Waals surface area contributed by atoms with Crippen LogP contribution in [0.2, 0.25) is 0 Å². The lowest BCUT2D eigenvalue weighted by molar-refractivity contribution is 0.0137. The molecule has 1 aliphatic rings. The van der Waals surface area contributed by atoms with E-state index in [-0.39, 0.29) is 12.0 Å². The first kappa shape index (κ1) is 17.5. The normalized spacial score (nSPS) is 18.7. The number of nitrogens with zero attached hydrogens (tertiary/aromatic N) is 3. The molecule has 0 aliphatic carbocycles. The fraction of sp³-hybridized carbons (Fsp3) is 0.706. The molecule has 1 fully saturated rings. The first-order valence-corrected chi connectivity index (χ1v) is 8.16. The van der Waals surface area contributed by atoms with Crippen LogP contribution in [0.15, 0.2) is 6.07 Å². The maximum absolute atomic E-state index is 12.2. The predicted molar refractivity (Wildman–Crippen MR) is 87.5 cm³/mol. The summed E-state index contributed by atoms with van der Waals surface area (Å²) in [6, 6.07) is 2.33. The summed E-state index contributed by atoms with van der Waals surface area (Å²) < 4.78 is 11.2. The van der Waals surface area contributed by atoms with Crippen molar-refractivity contribution in [3.8, 4) is 6.01 Å². The molecule has 1 aromatic heterocycles. The molecular formula is C17H27N3O3. The van der Waals surface area contributed by atoms with Crippen LogP contribution in [-0.4, -0.2) is 46.3 Å². The highest BCUT2D eigenvalue weighted by molar-refractivity contribution is 5.68. The van der Waals surface area contributed by atoms with E-state index in [1.165, 1.54) is 0 Å². The Hall–Kier alpha value is -1.85. The Morgan fingerprint density at radius 1 is 1.30 bits per heavy atom. The highest BCUT2D eigenvalue weighted by Gasteiger charge is 2.28. The van der Waals surface area contributed by atoms with Crippen LogP contribution in [0.1, 0.15) is 45.0 Å². The zero-order valence-electron chi connectivity index (χ0n) is 14.8. The number of carbonyl (C=O) groups excluding carboxylic acids is 1. The quantitative estimate of drug-likeness (QED) is 0.856. The number of aryl methyl sites for hydroxylation is 2. The van der Waals surface area contributed by atoms with Crippen molar-refractivity contribution in [1.82, 2.24) is 14.9 Å². The highest BCUT2D eigenvalue weighted by atomic mass is 16.6. The van der Waals surface area contributed by atoms with Gasteiger partial charge in [-0.1, -0.05) is 0 Å². The van der Waals surface area contributed by atoms with E-state index in [2.05, 4.69) is 9.97 Å². The van der Waals surface area contributed by atoms with Crippen molar-refractivity contribution >= 4 is 6.09 Å². The summed E-state index contributed by atoms with van der Waals surface area (Å²) in [7, 11) is 0. The lowest BCUT2D eigenvalue weighted by Gasteiger charge is -2.33. The van der Waals surface area contributed by atoms with Crippen molar-refractivity contribution in [3.05, 3.63) is 17.5 Å². The Balaban J connectivity index is 1.87. The van der Waals surface area contributed by atoms with Crippen LogP contribution in [0, 0.1) is 19.8 Å². The molecule has 0 saturated carbocycles. The summed E-state index contributed by atoms with van der Waals surface area (Å²) >= 11 is 0. The van der Waals surface area contributed by atoms with Gasteiger partial charge in [0, 0.05) is 30.4 Å². The third-order valence-corrected chi connectivity index (χ3v) is 3.58. The van der Waals surface area contributed by atoms with Gasteiger partial charge in [0.15, 0.2) is 0 Å². The van der Waals surface area contributed by atoms with Gasteiger partial charge in [-0.15, -0.1) is 0 Å². The summed E-state index contributed by atoms with van der Waals surface area (Å²) in [6.45, 7) is 11.4. The van der Waals surface area contributed by atoms with Gasteiger partial charge in [0.1, 0.15) is 5.60 Å². The monoisotopic (exact) mass is 321 g/mol. The second-order valence-electron chi connectivity index (χ2n) is 7.18. The Bertz CT molecular complexity index is 534. The Kier molecular flexibility index (Phi) is 5.44. The zero-order chi connectivity index (χ0) is 17.0. The van der Waals surface area contributed by atoms with E-state index < -0.39 is 5.60 Å². The molecule has 1 atom stereocenters. The molecule has 23 heavy (non-hydrogen) atoms. The van der Waals surface area contributed by atoms with Crippen LogP contribution in [0.3, 0.4) is 0 Å². The number of aromatic nitrogens is 2. The molecule has 1 aliphatic heterocycles. The third kappa shape index (κ3) is 5.69. The molecule has 0 N–H and O–H groups in total. The van der Waals surface area contributed by atoms with Crippen LogP contribution in [0.4, 0.5) is 4.79 Å². The molecule has 0 bridgehead atoms. The minimum Gasteiger partial charge on any atom is -0.463 e. The number of hydrogen-bond acceptors (Lipinski definition) is 5. The summed E-state index contributed by atoms with van der Waals surface area (Å²) in [4.78, 5) is 22.5. The van der Waals surface area contributed by atoms with Gasteiger partial charge < -0.3 is 14.4 Å². The Labute approximate surface area is 138 Å². The summed E-state index contributed by atoms with van der Waals surface area (Å²) in [5, 5.41) is 0. The molecule has 2 rings (SSSR count). The minimum atomic E-state index is -0.465. The molecule has 2 heterocycles. The topological polar surface area (TPSA) is 64.5 Å². The van der Waals surface area contributed by atoms with Gasteiger partial charge >= 0.3 is 12.1 Å². The van der Waals surface area contributed by atoms with Crippen molar-refractivity contribution in [2.45, 2.75) is 53.1 Å². The Morgan fingerprint density at radius 2 is 1.96 bits per heavy atom. The van der Waals surface area contributed by atoms with Gasteiger partial charge in [-0.2, -0.15) is 0 Å². The molecule has 0 radical (unpaired) electrons. The predicted octanol–water partition coefficient (Wildman–Crippen LogP) is 3.12. The smallest absolute Gasteiger partial charge is 0.410 e. The van der Waals surface area contributed by atoms with E-state index in [4.69, 9.17) is 9.47 Å². The molecule has 6 nitrogen and oxygen atoms in total. The maximum atomic E-state index is 12.2. The number of ether oxygens (including phenoxy) is 2. The van der Waals surface area contributed by atoms with E-state index in [0.29, 0.717) is 19.2 Å². The average Bonchev–Trinajstić information content (AvgIpc) is 2.43. The molecule has 128 valence electrons. The number of rotatable bonds is 3. The molecule has 1 aromatic rings. The van der Waals surface area contributed by atoms with Crippen LogP contribution in [0.5, 0.6) is 6.01 Å². The van der Waals surface area contributed by atoms with E-state index >= 15 is 0 Å². The van der Waals surface area contributed by atoms with Gasteiger partial charge in [0.25, 0.3) is 0 Å². The first-order valence-electron chi connectivity index (χ1n) is 8.16.